The Hall–Kier alpha value is -2.71. The van der Waals surface area contributed by atoms with E-state index in [0.29, 0.717) is 25.3 Å². The van der Waals surface area contributed by atoms with Crippen LogP contribution in [0.1, 0.15) is 32.6 Å². The number of rotatable bonds is 5. The van der Waals surface area contributed by atoms with Crippen LogP contribution in [0.2, 0.25) is 0 Å². The summed E-state index contributed by atoms with van der Waals surface area (Å²) in [5.74, 6) is -2.10. The summed E-state index contributed by atoms with van der Waals surface area (Å²) < 4.78 is 26.7. The Labute approximate surface area is 167 Å². The number of carbonyl (C=O) groups excluding carboxylic acids is 3. The van der Waals surface area contributed by atoms with Gasteiger partial charge in [-0.05, 0) is 44.2 Å². The summed E-state index contributed by atoms with van der Waals surface area (Å²) in [7, 11) is 0. The minimum absolute atomic E-state index is 0.0653. The van der Waals surface area contributed by atoms with Gasteiger partial charge in [-0.3, -0.25) is 14.9 Å². The molecule has 7 nitrogen and oxygen atoms in total. The maximum atomic E-state index is 13.6. The van der Waals surface area contributed by atoms with E-state index in [9.17, 15) is 23.2 Å². The zero-order valence-electron chi connectivity index (χ0n) is 16.2. The number of halogens is 2. The summed E-state index contributed by atoms with van der Waals surface area (Å²) in [6.07, 6.45) is 2.19. The first-order chi connectivity index (χ1) is 13.8. The van der Waals surface area contributed by atoms with E-state index >= 15 is 0 Å². The number of amides is 4. The number of hydrogen-bond donors (Lipinski definition) is 2. The lowest BCUT2D eigenvalue weighted by Gasteiger charge is -2.41. The van der Waals surface area contributed by atoms with Crippen molar-refractivity contribution in [3.8, 4) is 0 Å². The minimum atomic E-state index is -0.966. The van der Waals surface area contributed by atoms with E-state index in [0.717, 1.165) is 18.9 Å². The molecule has 2 aliphatic heterocycles. The SMILES string of the molecule is C[C@H]1CN(C(=O)CCC2(C3CC3)NC(=O)NC2=O)CCN1c1ccc(F)c(F)c1. The summed E-state index contributed by atoms with van der Waals surface area (Å²) in [5.41, 5.74) is -0.382. The number of anilines is 1. The highest BCUT2D eigenvalue weighted by molar-refractivity contribution is 6.07. The Bertz CT molecular complexity index is 860. The molecule has 0 bridgehead atoms. The molecule has 2 heterocycles. The maximum absolute atomic E-state index is 13.6. The van der Waals surface area contributed by atoms with Crippen LogP contribution in [0.15, 0.2) is 18.2 Å². The van der Waals surface area contributed by atoms with Crippen molar-refractivity contribution in [2.75, 3.05) is 24.5 Å². The molecule has 3 aliphatic rings. The van der Waals surface area contributed by atoms with Gasteiger partial charge in [-0.2, -0.15) is 0 Å². The van der Waals surface area contributed by atoms with Crippen molar-refractivity contribution in [3.05, 3.63) is 29.8 Å². The van der Waals surface area contributed by atoms with Gasteiger partial charge in [-0.15, -0.1) is 0 Å². The van der Waals surface area contributed by atoms with Crippen molar-refractivity contribution in [2.24, 2.45) is 5.92 Å². The first-order valence-corrected chi connectivity index (χ1v) is 9.93. The lowest BCUT2D eigenvalue weighted by atomic mass is 9.87. The van der Waals surface area contributed by atoms with Crippen LogP contribution in [0.25, 0.3) is 0 Å². The largest absolute Gasteiger partial charge is 0.365 e. The Balaban J connectivity index is 1.36. The van der Waals surface area contributed by atoms with Gasteiger partial charge in [-0.1, -0.05) is 0 Å². The molecule has 0 aromatic heterocycles. The molecular formula is C20H24F2N4O3. The van der Waals surface area contributed by atoms with Gasteiger partial charge >= 0.3 is 6.03 Å². The number of piperazine rings is 1. The molecule has 156 valence electrons. The second kappa shape index (κ2) is 7.27. The quantitative estimate of drug-likeness (QED) is 0.731. The molecule has 29 heavy (non-hydrogen) atoms. The van der Waals surface area contributed by atoms with Crippen molar-refractivity contribution in [3.63, 3.8) is 0 Å². The molecular weight excluding hydrogens is 382 g/mol. The van der Waals surface area contributed by atoms with Crippen LogP contribution in [0.3, 0.4) is 0 Å². The monoisotopic (exact) mass is 406 g/mol. The molecule has 1 unspecified atom stereocenters. The normalized spacial score (nSPS) is 27.1. The van der Waals surface area contributed by atoms with E-state index < -0.39 is 23.2 Å². The van der Waals surface area contributed by atoms with Crippen LogP contribution >= 0.6 is 0 Å². The second-order valence-corrected chi connectivity index (χ2v) is 8.13. The van der Waals surface area contributed by atoms with Gasteiger partial charge in [0.2, 0.25) is 5.91 Å². The molecule has 4 rings (SSSR count). The fourth-order valence-electron chi connectivity index (χ4n) is 4.44. The Morgan fingerprint density at radius 3 is 2.55 bits per heavy atom. The maximum Gasteiger partial charge on any atom is 0.322 e. The van der Waals surface area contributed by atoms with Gasteiger partial charge in [0.15, 0.2) is 11.6 Å². The Morgan fingerprint density at radius 1 is 1.21 bits per heavy atom. The number of nitrogens with zero attached hydrogens (tertiary/aromatic N) is 2. The van der Waals surface area contributed by atoms with Gasteiger partial charge in [0.05, 0.1) is 0 Å². The second-order valence-electron chi connectivity index (χ2n) is 8.13. The van der Waals surface area contributed by atoms with Crippen molar-refractivity contribution in [2.45, 2.75) is 44.2 Å². The minimum Gasteiger partial charge on any atom is -0.365 e. The molecule has 1 aromatic rings. The van der Waals surface area contributed by atoms with E-state index in [2.05, 4.69) is 10.6 Å². The summed E-state index contributed by atoms with van der Waals surface area (Å²) in [4.78, 5) is 40.4. The molecule has 1 saturated carbocycles. The average Bonchev–Trinajstić information content (AvgIpc) is 3.48. The molecule has 9 heteroatoms. The van der Waals surface area contributed by atoms with Crippen molar-refractivity contribution in [1.82, 2.24) is 15.5 Å². The van der Waals surface area contributed by atoms with E-state index in [-0.39, 0.29) is 36.6 Å². The fraction of sp³-hybridized carbons (Fsp3) is 0.550. The number of urea groups is 1. The van der Waals surface area contributed by atoms with Crippen molar-refractivity contribution < 1.29 is 23.2 Å². The number of carbonyl (C=O) groups is 3. The average molecular weight is 406 g/mol. The lowest BCUT2D eigenvalue weighted by molar-refractivity contribution is -0.133. The number of benzene rings is 1. The van der Waals surface area contributed by atoms with Crippen LogP contribution in [0.4, 0.5) is 19.3 Å². The van der Waals surface area contributed by atoms with Crippen LogP contribution in [0, 0.1) is 17.6 Å². The Kier molecular flexibility index (Phi) is 4.92. The predicted octanol–water partition coefficient (Wildman–Crippen LogP) is 1.77. The van der Waals surface area contributed by atoms with Crippen LogP contribution < -0.4 is 15.5 Å². The number of imide groups is 1. The molecule has 3 fully saturated rings. The highest BCUT2D eigenvalue weighted by Gasteiger charge is 2.55. The molecule has 0 radical (unpaired) electrons. The number of hydrogen-bond acceptors (Lipinski definition) is 4. The van der Waals surface area contributed by atoms with E-state index in [1.165, 1.54) is 12.1 Å². The molecule has 1 aliphatic carbocycles. The first-order valence-electron chi connectivity index (χ1n) is 9.93. The number of nitrogens with one attached hydrogen (secondary N) is 2. The van der Waals surface area contributed by atoms with Gasteiger partial charge < -0.3 is 15.1 Å². The zero-order valence-corrected chi connectivity index (χ0v) is 16.2. The first kappa shape index (κ1) is 19.6. The van der Waals surface area contributed by atoms with E-state index in [1.807, 2.05) is 11.8 Å². The smallest absolute Gasteiger partial charge is 0.322 e. The third kappa shape index (κ3) is 3.65. The van der Waals surface area contributed by atoms with Crippen LogP contribution in [-0.4, -0.2) is 54.0 Å². The highest BCUT2D eigenvalue weighted by atomic mass is 19.2. The third-order valence-corrected chi connectivity index (χ3v) is 6.19. The van der Waals surface area contributed by atoms with E-state index in [4.69, 9.17) is 0 Å². The summed E-state index contributed by atoms with van der Waals surface area (Å²) >= 11 is 0. The van der Waals surface area contributed by atoms with Gasteiger partial charge in [-0.25, -0.2) is 13.6 Å². The fourth-order valence-corrected chi connectivity index (χ4v) is 4.44. The van der Waals surface area contributed by atoms with Crippen LogP contribution in [0.5, 0.6) is 0 Å². The molecule has 1 aromatic carbocycles. The predicted molar refractivity (Wildman–Crippen MR) is 101 cm³/mol. The standard InChI is InChI=1S/C20H24F2N4O3/c1-12-11-25(8-9-26(12)14-4-5-15(21)16(22)10-14)17(27)6-7-20(13-2-3-13)18(28)23-19(29)24-20/h4-5,10,12-13H,2-3,6-9,11H2,1H3,(H2,23,24,28,29)/t12-,20?/m0/s1. The summed E-state index contributed by atoms with van der Waals surface area (Å²) in [5, 5.41) is 5.03. The summed E-state index contributed by atoms with van der Waals surface area (Å²) in [6, 6.07) is 3.25. The van der Waals surface area contributed by atoms with E-state index in [1.54, 1.807) is 4.90 Å². The van der Waals surface area contributed by atoms with Crippen molar-refractivity contribution in [1.29, 1.82) is 0 Å². The summed E-state index contributed by atoms with van der Waals surface area (Å²) in [6.45, 7) is 3.34. The zero-order chi connectivity index (χ0) is 20.8. The van der Waals surface area contributed by atoms with Crippen LogP contribution in [-0.2, 0) is 9.59 Å². The van der Waals surface area contributed by atoms with Crippen molar-refractivity contribution >= 4 is 23.5 Å². The van der Waals surface area contributed by atoms with Gasteiger partial charge in [0.1, 0.15) is 5.54 Å². The molecule has 2 atom stereocenters. The topological polar surface area (TPSA) is 81.8 Å². The lowest BCUT2D eigenvalue weighted by Crippen LogP contribution is -2.54. The molecule has 2 N–H and O–H groups in total. The molecule has 2 saturated heterocycles. The highest BCUT2D eigenvalue weighted by Crippen LogP contribution is 2.43. The Morgan fingerprint density at radius 2 is 1.97 bits per heavy atom. The third-order valence-electron chi connectivity index (χ3n) is 6.19. The molecule has 0 spiro atoms. The van der Waals surface area contributed by atoms with Gasteiger partial charge in [0.25, 0.3) is 5.91 Å². The molecule has 4 amide bonds. The van der Waals surface area contributed by atoms with Gasteiger partial charge in [0, 0.05) is 43.9 Å².